The first-order valence-electron chi connectivity index (χ1n) is 4.71. The van der Waals surface area contributed by atoms with Crippen LogP contribution >= 0.6 is 27.3 Å². The van der Waals surface area contributed by atoms with Crippen molar-refractivity contribution in [3.63, 3.8) is 0 Å². The molecule has 2 heterocycles. The second-order valence-electron chi connectivity index (χ2n) is 3.69. The van der Waals surface area contributed by atoms with Gasteiger partial charge in [0.05, 0.1) is 6.10 Å². The van der Waals surface area contributed by atoms with Gasteiger partial charge in [-0.1, -0.05) is 0 Å². The number of rotatable bonds is 2. The molecule has 1 aliphatic rings. The summed E-state index contributed by atoms with van der Waals surface area (Å²) in [5.41, 5.74) is 0. The summed E-state index contributed by atoms with van der Waals surface area (Å²) in [6.07, 6.45) is 0.859. The Morgan fingerprint density at radius 2 is 2.57 bits per heavy atom. The number of nitrogens with zero attached hydrogens (tertiary/aromatic N) is 2. The van der Waals surface area contributed by atoms with E-state index >= 15 is 0 Å². The second-order valence-corrected chi connectivity index (χ2v) is 5.34. The molecule has 3 nitrogen and oxygen atoms in total. The number of hydrogen-bond acceptors (Lipinski definition) is 4. The number of aromatic nitrogens is 1. The number of thiazole rings is 1. The molecule has 1 aliphatic heterocycles. The van der Waals surface area contributed by atoms with Crippen LogP contribution in [0.25, 0.3) is 0 Å². The fourth-order valence-corrected chi connectivity index (χ4v) is 3.03. The first-order valence-corrected chi connectivity index (χ1v) is 6.38. The van der Waals surface area contributed by atoms with Gasteiger partial charge >= 0.3 is 0 Å². The summed E-state index contributed by atoms with van der Waals surface area (Å²) in [4.78, 5) is 6.61. The molecule has 5 heteroatoms. The molecular weight excluding hydrogens is 264 g/mol. The van der Waals surface area contributed by atoms with E-state index in [4.69, 9.17) is 0 Å². The van der Waals surface area contributed by atoms with E-state index in [1.165, 1.54) is 0 Å². The van der Waals surface area contributed by atoms with Crippen LogP contribution in [0.3, 0.4) is 0 Å². The third-order valence-electron chi connectivity index (χ3n) is 2.64. The van der Waals surface area contributed by atoms with Gasteiger partial charge in [-0.15, -0.1) is 11.3 Å². The zero-order chi connectivity index (χ0) is 10.1. The van der Waals surface area contributed by atoms with Crippen molar-refractivity contribution < 1.29 is 5.11 Å². The van der Waals surface area contributed by atoms with Crippen LogP contribution in [-0.2, 0) is 0 Å². The molecule has 78 valence electrons. The average Bonchev–Trinajstić information content (AvgIpc) is 2.70. The van der Waals surface area contributed by atoms with Gasteiger partial charge in [-0.3, -0.25) is 0 Å². The summed E-state index contributed by atoms with van der Waals surface area (Å²) in [7, 11) is 0. The molecule has 2 unspecified atom stereocenters. The van der Waals surface area contributed by atoms with Gasteiger partial charge in [0, 0.05) is 24.4 Å². The lowest BCUT2D eigenvalue weighted by molar-refractivity contribution is 0.136. The van der Waals surface area contributed by atoms with Gasteiger partial charge in [0.1, 0.15) is 4.60 Å². The molecule has 2 rings (SSSR count). The van der Waals surface area contributed by atoms with Gasteiger partial charge in [-0.05, 0) is 29.3 Å². The molecule has 0 saturated carbocycles. The number of aliphatic hydroxyl groups excluding tert-OH is 1. The Labute approximate surface area is 95.9 Å². The van der Waals surface area contributed by atoms with Crippen LogP contribution < -0.4 is 4.90 Å². The maximum atomic E-state index is 9.47. The number of anilines is 1. The lowest BCUT2D eigenvalue weighted by atomic mass is 10.0. The van der Waals surface area contributed by atoms with Gasteiger partial charge in [0.15, 0.2) is 5.13 Å². The molecule has 1 fully saturated rings. The van der Waals surface area contributed by atoms with Crippen molar-refractivity contribution in [3.8, 4) is 0 Å². The Morgan fingerprint density at radius 1 is 1.79 bits per heavy atom. The van der Waals surface area contributed by atoms with Gasteiger partial charge < -0.3 is 10.0 Å². The Hall–Kier alpha value is -0.130. The maximum absolute atomic E-state index is 9.47. The van der Waals surface area contributed by atoms with Crippen molar-refractivity contribution >= 4 is 32.4 Å². The maximum Gasteiger partial charge on any atom is 0.186 e. The van der Waals surface area contributed by atoms with E-state index in [9.17, 15) is 5.11 Å². The SMILES string of the molecule is CC(O)C1CCN(c2nc(Br)cs2)C1. The van der Waals surface area contributed by atoms with Gasteiger partial charge in [0.2, 0.25) is 0 Å². The summed E-state index contributed by atoms with van der Waals surface area (Å²) < 4.78 is 0.901. The van der Waals surface area contributed by atoms with Crippen LogP contribution in [0.15, 0.2) is 9.98 Å². The molecule has 1 aromatic heterocycles. The summed E-state index contributed by atoms with van der Waals surface area (Å²) in [6, 6.07) is 0. The van der Waals surface area contributed by atoms with E-state index in [2.05, 4.69) is 25.8 Å². The monoisotopic (exact) mass is 276 g/mol. The van der Waals surface area contributed by atoms with E-state index in [0.29, 0.717) is 5.92 Å². The molecule has 0 bridgehead atoms. The lowest BCUT2D eigenvalue weighted by Crippen LogP contribution is -2.23. The fourth-order valence-electron chi connectivity index (χ4n) is 1.75. The molecule has 0 aliphatic carbocycles. The smallest absolute Gasteiger partial charge is 0.186 e. The molecule has 0 aromatic carbocycles. The van der Waals surface area contributed by atoms with Crippen molar-refractivity contribution in [3.05, 3.63) is 9.98 Å². The van der Waals surface area contributed by atoms with Crippen molar-refractivity contribution in [2.75, 3.05) is 18.0 Å². The van der Waals surface area contributed by atoms with Crippen molar-refractivity contribution in [1.82, 2.24) is 4.98 Å². The largest absolute Gasteiger partial charge is 0.393 e. The van der Waals surface area contributed by atoms with Gasteiger partial charge in [-0.25, -0.2) is 4.98 Å². The minimum atomic E-state index is -0.205. The molecule has 1 saturated heterocycles. The van der Waals surface area contributed by atoms with E-state index in [1.54, 1.807) is 11.3 Å². The third-order valence-corrected chi connectivity index (χ3v) is 4.25. The van der Waals surface area contributed by atoms with Gasteiger partial charge in [-0.2, -0.15) is 0 Å². The normalized spacial score (nSPS) is 24.2. The quantitative estimate of drug-likeness (QED) is 0.899. The number of halogens is 1. The van der Waals surface area contributed by atoms with Crippen LogP contribution in [-0.4, -0.2) is 29.3 Å². The first-order chi connectivity index (χ1) is 6.66. The standard InChI is InChI=1S/C9H13BrN2OS/c1-6(13)7-2-3-12(4-7)9-11-8(10)5-14-9/h5-7,13H,2-4H2,1H3. The van der Waals surface area contributed by atoms with Crippen molar-refractivity contribution in [1.29, 1.82) is 0 Å². The van der Waals surface area contributed by atoms with E-state index in [-0.39, 0.29) is 6.10 Å². The van der Waals surface area contributed by atoms with Gasteiger partial charge in [0.25, 0.3) is 0 Å². The fraction of sp³-hybridized carbons (Fsp3) is 0.667. The summed E-state index contributed by atoms with van der Waals surface area (Å²) >= 11 is 4.99. The zero-order valence-electron chi connectivity index (χ0n) is 7.98. The molecule has 0 radical (unpaired) electrons. The van der Waals surface area contributed by atoms with E-state index in [1.807, 2.05) is 12.3 Å². The molecule has 1 aromatic rings. The zero-order valence-corrected chi connectivity index (χ0v) is 10.4. The summed E-state index contributed by atoms with van der Waals surface area (Å²) in [5, 5.41) is 12.5. The lowest BCUT2D eigenvalue weighted by Gasteiger charge is -2.16. The van der Waals surface area contributed by atoms with Crippen LogP contribution in [0.2, 0.25) is 0 Å². The average molecular weight is 277 g/mol. The Kier molecular flexibility index (Phi) is 3.09. The van der Waals surface area contributed by atoms with Crippen molar-refractivity contribution in [2.24, 2.45) is 5.92 Å². The molecule has 2 atom stereocenters. The Morgan fingerprint density at radius 3 is 3.07 bits per heavy atom. The highest BCUT2D eigenvalue weighted by molar-refractivity contribution is 9.10. The van der Waals surface area contributed by atoms with Crippen LogP contribution in [0.4, 0.5) is 5.13 Å². The molecule has 14 heavy (non-hydrogen) atoms. The molecular formula is C9H13BrN2OS. The van der Waals surface area contributed by atoms with Crippen LogP contribution in [0.1, 0.15) is 13.3 Å². The van der Waals surface area contributed by atoms with Crippen LogP contribution in [0, 0.1) is 5.92 Å². The number of hydrogen-bond donors (Lipinski definition) is 1. The van der Waals surface area contributed by atoms with Crippen LogP contribution in [0.5, 0.6) is 0 Å². The topological polar surface area (TPSA) is 36.4 Å². The highest BCUT2D eigenvalue weighted by Gasteiger charge is 2.27. The first kappa shape index (κ1) is 10.4. The third kappa shape index (κ3) is 2.10. The minimum absolute atomic E-state index is 0.205. The highest BCUT2D eigenvalue weighted by atomic mass is 79.9. The number of aliphatic hydroxyl groups is 1. The molecule has 1 N–H and O–H groups in total. The second kappa shape index (κ2) is 4.16. The van der Waals surface area contributed by atoms with E-state index < -0.39 is 0 Å². The molecule has 0 spiro atoms. The van der Waals surface area contributed by atoms with Crippen molar-refractivity contribution in [2.45, 2.75) is 19.4 Å². The Bertz CT molecular complexity index is 316. The summed E-state index contributed by atoms with van der Waals surface area (Å²) in [5.74, 6) is 0.401. The Balaban J connectivity index is 2.02. The van der Waals surface area contributed by atoms with E-state index in [0.717, 1.165) is 29.2 Å². The molecule has 0 amide bonds. The summed E-state index contributed by atoms with van der Waals surface area (Å²) in [6.45, 7) is 3.80. The predicted octanol–water partition coefficient (Wildman–Crippen LogP) is 2.11. The highest BCUT2D eigenvalue weighted by Crippen LogP contribution is 2.29. The minimum Gasteiger partial charge on any atom is -0.393 e. The predicted molar refractivity (Wildman–Crippen MR) is 61.8 cm³/mol.